The summed E-state index contributed by atoms with van der Waals surface area (Å²) in [5.41, 5.74) is 0. The van der Waals surface area contributed by atoms with Gasteiger partial charge in [-0.05, 0) is 12.8 Å². The fourth-order valence-electron chi connectivity index (χ4n) is 1.18. The minimum atomic E-state index is 0.594. The van der Waals surface area contributed by atoms with Gasteiger partial charge >= 0.3 is 0 Å². The Morgan fingerprint density at radius 1 is 1.55 bits per heavy atom. The van der Waals surface area contributed by atoms with E-state index < -0.39 is 0 Å². The third-order valence-corrected chi connectivity index (χ3v) is 1.86. The van der Waals surface area contributed by atoms with Crippen LogP contribution in [0.5, 0.6) is 0 Å². The van der Waals surface area contributed by atoms with E-state index in [9.17, 15) is 0 Å². The Kier molecular flexibility index (Phi) is 4.24. The minimum Gasteiger partial charge on any atom is -0.380 e. The summed E-state index contributed by atoms with van der Waals surface area (Å²) in [6.07, 6.45) is 6.66. The van der Waals surface area contributed by atoms with Crippen LogP contribution in [0.2, 0.25) is 0 Å². The van der Waals surface area contributed by atoms with E-state index in [1.165, 1.54) is 6.42 Å². The van der Waals surface area contributed by atoms with Crippen molar-refractivity contribution in [1.29, 1.82) is 0 Å². The number of ether oxygens (including phenoxy) is 1. The topological polar surface area (TPSA) is 21.3 Å². The molecule has 1 N–H and O–H groups in total. The van der Waals surface area contributed by atoms with Crippen molar-refractivity contribution in [3.8, 4) is 0 Å². The van der Waals surface area contributed by atoms with Gasteiger partial charge in [0.25, 0.3) is 0 Å². The molecule has 1 rings (SSSR count). The first-order valence-corrected chi connectivity index (χ1v) is 4.39. The van der Waals surface area contributed by atoms with Gasteiger partial charge in [0.1, 0.15) is 0 Å². The first kappa shape index (κ1) is 8.75. The SMILES string of the molecule is CC/C=C/CNC1CCOC1. The Hall–Kier alpha value is -0.340. The zero-order chi connectivity index (χ0) is 7.94. The highest BCUT2D eigenvalue weighted by Gasteiger charge is 2.12. The molecule has 1 aliphatic rings. The van der Waals surface area contributed by atoms with Crippen molar-refractivity contribution in [3.05, 3.63) is 12.2 Å². The largest absolute Gasteiger partial charge is 0.380 e. The first-order valence-electron chi connectivity index (χ1n) is 4.39. The van der Waals surface area contributed by atoms with Gasteiger partial charge in [-0.15, -0.1) is 0 Å². The molecule has 1 saturated heterocycles. The predicted octanol–water partition coefficient (Wildman–Crippen LogP) is 1.33. The second-order valence-electron chi connectivity index (χ2n) is 2.85. The van der Waals surface area contributed by atoms with Crippen molar-refractivity contribution in [3.63, 3.8) is 0 Å². The molecule has 0 spiro atoms. The molecular weight excluding hydrogens is 138 g/mol. The summed E-state index contributed by atoms with van der Waals surface area (Å²) in [5, 5.41) is 3.40. The second-order valence-corrected chi connectivity index (χ2v) is 2.85. The molecule has 0 aromatic heterocycles. The van der Waals surface area contributed by atoms with E-state index in [4.69, 9.17) is 4.74 Å². The fourth-order valence-corrected chi connectivity index (χ4v) is 1.18. The smallest absolute Gasteiger partial charge is 0.0620 e. The third kappa shape index (κ3) is 3.54. The molecule has 2 heteroatoms. The maximum absolute atomic E-state index is 5.23. The van der Waals surface area contributed by atoms with Crippen LogP contribution in [0.1, 0.15) is 19.8 Å². The number of hydrogen-bond acceptors (Lipinski definition) is 2. The van der Waals surface area contributed by atoms with Crippen LogP contribution < -0.4 is 5.32 Å². The van der Waals surface area contributed by atoms with Crippen molar-refractivity contribution in [2.75, 3.05) is 19.8 Å². The molecule has 1 atom stereocenters. The van der Waals surface area contributed by atoms with Gasteiger partial charge in [0.15, 0.2) is 0 Å². The number of nitrogens with one attached hydrogen (secondary N) is 1. The Bertz CT molecular complexity index is 117. The third-order valence-electron chi connectivity index (χ3n) is 1.86. The monoisotopic (exact) mass is 155 g/mol. The molecule has 0 saturated carbocycles. The van der Waals surface area contributed by atoms with E-state index >= 15 is 0 Å². The van der Waals surface area contributed by atoms with Gasteiger partial charge < -0.3 is 10.1 Å². The molecule has 0 aromatic rings. The lowest BCUT2D eigenvalue weighted by Crippen LogP contribution is -2.29. The van der Waals surface area contributed by atoms with Crippen molar-refractivity contribution >= 4 is 0 Å². The zero-order valence-corrected chi connectivity index (χ0v) is 7.18. The average Bonchev–Trinajstić information content (AvgIpc) is 2.50. The molecule has 0 radical (unpaired) electrons. The Morgan fingerprint density at radius 2 is 2.45 bits per heavy atom. The molecule has 0 aromatic carbocycles. The zero-order valence-electron chi connectivity index (χ0n) is 7.18. The maximum Gasteiger partial charge on any atom is 0.0620 e. The highest BCUT2D eigenvalue weighted by Crippen LogP contribution is 2.02. The number of allylic oxidation sites excluding steroid dienone is 1. The number of hydrogen-bond donors (Lipinski definition) is 1. The van der Waals surface area contributed by atoms with Gasteiger partial charge in [-0.3, -0.25) is 0 Å². The molecule has 1 unspecified atom stereocenters. The summed E-state index contributed by atoms with van der Waals surface area (Å²) in [6, 6.07) is 0.594. The van der Waals surface area contributed by atoms with Crippen LogP contribution in [0.15, 0.2) is 12.2 Å². The quantitative estimate of drug-likeness (QED) is 0.618. The van der Waals surface area contributed by atoms with E-state index in [0.717, 1.165) is 26.2 Å². The van der Waals surface area contributed by atoms with Crippen LogP contribution in [0.4, 0.5) is 0 Å². The minimum absolute atomic E-state index is 0.594. The second kappa shape index (κ2) is 5.33. The van der Waals surface area contributed by atoms with Gasteiger partial charge in [-0.25, -0.2) is 0 Å². The maximum atomic E-state index is 5.23. The van der Waals surface area contributed by atoms with Gasteiger partial charge in [0.2, 0.25) is 0 Å². The summed E-state index contributed by atoms with van der Waals surface area (Å²) in [6.45, 7) is 4.95. The lowest BCUT2D eigenvalue weighted by Gasteiger charge is -2.06. The molecular formula is C9H17NO. The molecule has 11 heavy (non-hydrogen) atoms. The fraction of sp³-hybridized carbons (Fsp3) is 0.778. The Morgan fingerprint density at radius 3 is 3.09 bits per heavy atom. The van der Waals surface area contributed by atoms with E-state index in [2.05, 4.69) is 24.4 Å². The normalized spacial score (nSPS) is 25.0. The first-order chi connectivity index (χ1) is 5.43. The summed E-state index contributed by atoms with van der Waals surface area (Å²) >= 11 is 0. The van der Waals surface area contributed by atoms with Gasteiger partial charge in [0.05, 0.1) is 6.61 Å². The molecule has 1 aliphatic heterocycles. The summed E-state index contributed by atoms with van der Waals surface area (Å²) in [4.78, 5) is 0. The van der Waals surface area contributed by atoms with Gasteiger partial charge in [-0.1, -0.05) is 19.1 Å². The molecule has 1 fully saturated rings. The molecule has 2 nitrogen and oxygen atoms in total. The molecule has 1 heterocycles. The summed E-state index contributed by atoms with van der Waals surface area (Å²) < 4.78 is 5.23. The highest BCUT2D eigenvalue weighted by atomic mass is 16.5. The van der Waals surface area contributed by atoms with Crippen LogP contribution in [0.25, 0.3) is 0 Å². The van der Waals surface area contributed by atoms with E-state index in [0.29, 0.717) is 6.04 Å². The lowest BCUT2D eigenvalue weighted by molar-refractivity contribution is 0.190. The molecule has 0 amide bonds. The van der Waals surface area contributed by atoms with Crippen LogP contribution in [0, 0.1) is 0 Å². The summed E-state index contributed by atoms with van der Waals surface area (Å²) in [7, 11) is 0. The van der Waals surface area contributed by atoms with Crippen molar-refractivity contribution < 1.29 is 4.74 Å². The highest BCUT2D eigenvalue weighted by molar-refractivity contribution is 4.84. The molecule has 64 valence electrons. The number of rotatable bonds is 4. The van der Waals surface area contributed by atoms with Crippen LogP contribution in [-0.2, 0) is 4.74 Å². The van der Waals surface area contributed by atoms with Crippen molar-refractivity contribution in [2.45, 2.75) is 25.8 Å². The standard InChI is InChI=1S/C9H17NO/c1-2-3-4-6-10-9-5-7-11-8-9/h3-4,9-10H,2,5-8H2,1H3/b4-3+. The van der Waals surface area contributed by atoms with Crippen molar-refractivity contribution in [1.82, 2.24) is 5.32 Å². The summed E-state index contributed by atoms with van der Waals surface area (Å²) in [5.74, 6) is 0. The van der Waals surface area contributed by atoms with Gasteiger partial charge in [-0.2, -0.15) is 0 Å². The lowest BCUT2D eigenvalue weighted by atomic mass is 10.2. The molecule has 0 aliphatic carbocycles. The van der Waals surface area contributed by atoms with E-state index in [1.54, 1.807) is 0 Å². The average molecular weight is 155 g/mol. The van der Waals surface area contributed by atoms with Crippen LogP contribution in [-0.4, -0.2) is 25.8 Å². The van der Waals surface area contributed by atoms with Gasteiger partial charge in [0, 0.05) is 19.2 Å². The predicted molar refractivity (Wildman–Crippen MR) is 46.7 cm³/mol. The van der Waals surface area contributed by atoms with Crippen LogP contribution >= 0.6 is 0 Å². The van der Waals surface area contributed by atoms with Crippen LogP contribution in [0.3, 0.4) is 0 Å². The van der Waals surface area contributed by atoms with Crippen molar-refractivity contribution in [2.24, 2.45) is 0 Å². The Labute approximate surface area is 68.6 Å². The van der Waals surface area contributed by atoms with E-state index in [1.807, 2.05) is 0 Å². The van der Waals surface area contributed by atoms with E-state index in [-0.39, 0.29) is 0 Å². The Balaban J connectivity index is 1.97. The molecule has 0 bridgehead atoms.